The Morgan fingerprint density at radius 3 is 2.31 bits per heavy atom. The lowest BCUT2D eigenvalue weighted by Crippen LogP contribution is -2.35. The fourth-order valence-corrected chi connectivity index (χ4v) is 2.55. The summed E-state index contributed by atoms with van der Waals surface area (Å²) in [4.78, 5) is 24.2. The predicted octanol–water partition coefficient (Wildman–Crippen LogP) is 3.62. The number of benzene rings is 2. The first-order valence-electron chi connectivity index (χ1n) is 9.07. The Morgan fingerprint density at radius 2 is 1.69 bits per heavy atom. The Bertz CT molecular complexity index is 934. The number of carbonyl (C=O) groups is 2. The molecular formula is C22H22N2O5. The summed E-state index contributed by atoms with van der Waals surface area (Å²) >= 11 is 0. The molecule has 0 radical (unpaired) electrons. The summed E-state index contributed by atoms with van der Waals surface area (Å²) in [6.07, 6.45) is 0.801. The molecule has 0 saturated carbocycles. The van der Waals surface area contributed by atoms with Gasteiger partial charge in [-0.1, -0.05) is 12.1 Å². The predicted molar refractivity (Wildman–Crippen MR) is 108 cm³/mol. The van der Waals surface area contributed by atoms with E-state index in [0.29, 0.717) is 18.0 Å². The molecule has 29 heavy (non-hydrogen) atoms. The average molecular weight is 394 g/mol. The normalized spacial score (nSPS) is 11.4. The number of methoxy groups -OCH3 is 1. The summed E-state index contributed by atoms with van der Waals surface area (Å²) in [6.45, 7) is 2.04. The van der Waals surface area contributed by atoms with Gasteiger partial charge < -0.3 is 24.5 Å². The number of ether oxygens (including phenoxy) is 2. The van der Waals surface area contributed by atoms with Crippen LogP contribution in [-0.2, 0) is 11.3 Å². The summed E-state index contributed by atoms with van der Waals surface area (Å²) in [5.74, 6) is 1.01. The minimum Gasteiger partial charge on any atom is -0.497 e. The zero-order chi connectivity index (χ0) is 20.6. The summed E-state index contributed by atoms with van der Waals surface area (Å²) in [7, 11) is 1.59. The van der Waals surface area contributed by atoms with Gasteiger partial charge in [-0.2, -0.15) is 0 Å². The highest BCUT2D eigenvalue weighted by Crippen LogP contribution is 2.18. The van der Waals surface area contributed by atoms with Gasteiger partial charge in [0.2, 0.25) is 0 Å². The second-order valence-electron chi connectivity index (χ2n) is 6.28. The minimum absolute atomic E-state index is 0.226. The molecule has 1 unspecified atom stereocenters. The lowest BCUT2D eigenvalue weighted by molar-refractivity contribution is -0.127. The lowest BCUT2D eigenvalue weighted by Gasteiger charge is -2.15. The van der Waals surface area contributed by atoms with Gasteiger partial charge in [0.25, 0.3) is 11.8 Å². The summed E-state index contributed by atoms with van der Waals surface area (Å²) in [5, 5.41) is 5.57. The standard InChI is InChI=1S/C22H22N2O5/c1-15(29-19-11-9-18(27-2)10-12-19)21(25)23-14-16-5-7-17(8-6-16)24-22(26)20-4-3-13-28-20/h3-13,15H,14H2,1-2H3,(H,23,25)(H,24,26). The summed E-state index contributed by atoms with van der Waals surface area (Å²) in [6, 6.07) is 17.5. The van der Waals surface area contributed by atoms with Crippen LogP contribution in [-0.4, -0.2) is 25.0 Å². The lowest BCUT2D eigenvalue weighted by atomic mass is 10.2. The Labute approximate surface area is 168 Å². The average Bonchev–Trinajstić information content (AvgIpc) is 3.28. The first-order chi connectivity index (χ1) is 14.0. The molecule has 1 atom stereocenters. The van der Waals surface area contributed by atoms with E-state index in [0.717, 1.165) is 11.3 Å². The fraction of sp³-hybridized carbons (Fsp3) is 0.182. The van der Waals surface area contributed by atoms with Gasteiger partial charge in [-0.3, -0.25) is 9.59 Å². The molecule has 2 N–H and O–H groups in total. The number of rotatable bonds is 8. The second-order valence-corrected chi connectivity index (χ2v) is 6.28. The third-order valence-corrected chi connectivity index (χ3v) is 4.17. The zero-order valence-electron chi connectivity index (χ0n) is 16.2. The monoisotopic (exact) mass is 394 g/mol. The summed E-state index contributed by atoms with van der Waals surface area (Å²) < 4.78 is 15.8. The molecule has 1 aromatic heterocycles. The number of amides is 2. The maximum Gasteiger partial charge on any atom is 0.291 e. The van der Waals surface area contributed by atoms with Crippen molar-refractivity contribution >= 4 is 17.5 Å². The molecular weight excluding hydrogens is 372 g/mol. The van der Waals surface area contributed by atoms with Gasteiger partial charge in [-0.15, -0.1) is 0 Å². The largest absolute Gasteiger partial charge is 0.497 e. The van der Waals surface area contributed by atoms with Gasteiger partial charge >= 0.3 is 0 Å². The molecule has 7 nitrogen and oxygen atoms in total. The number of anilines is 1. The van der Waals surface area contributed by atoms with Crippen molar-refractivity contribution in [3.05, 3.63) is 78.3 Å². The smallest absolute Gasteiger partial charge is 0.291 e. The Morgan fingerprint density at radius 1 is 1.00 bits per heavy atom. The van der Waals surface area contributed by atoms with Crippen LogP contribution < -0.4 is 20.1 Å². The maximum absolute atomic E-state index is 12.3. The van der Waals surface area contributed by atoms with Crippen molar-refractivity contribution in [2.24, 2.45) is 0 Å². The molecule has 1 heterocycles. The van der Waals surface area contributed by atoms with E-state index < -0.39 is 6.10 Å². The van der Waals surface area contributed by atoms with Crippen LogP contribution in [0, 0.1) is 0 Å². The first-order valence-corrected chi connectivity index (χ1v) is 9.07. The molecule has 0 aliphatic heterocycles. The van der Waals surface area contributed by atoms with Crippen molar-refractivity contribution in [1.29, 1.82) is 0 Å². The number of carbonyl (C=O) groups excluding carboxylic acids is 2. The topological polar surface area (TPSA) is 89.8 Å². The quantitative estimate of drug-likeness (QED) is 0.609. The van der Waals surface area contributed by atoms with E-state index in [1.807, 2.05) is 12.1 Å². The van der Waals surface area contributed by atoms with Gasteiger partial charge in [0.05, 0.1) is 13.4 Å². The third kappa shape index (κ3) is 5.62. The van der Waals surface area contributed by atoms with Crippen molar-refractivity contribution in [3.63, 3.8) is 0 Å². The minimum atomic E-state index is -0.643. The Hall–Kier alpha value is -3.74. The molecule has 2 aromatic carbocycles. The number of nitrogens with one attached hydrogen (secondary N) is 2. The van der Waals surface area contributed by atoms with Crippen LogP contribution in [0.5, 0.6) is 11.5 Å². The molecule has 3 rings (SSSR count). The Balaban J connectivity index is 1.47. The highest BCUT2D eigenvalue weighted by atomic mass is 16.5. The third-order valence-electron chi connectivity index (χ3n) is 4.17. The second kappa shape index (κ2) is 9.45. The molecule has 2 amide bonds. The van der Waals surface area contributed by atoms with Crippen LogP contribution in [0.15, 0.2) is 71.3 Å². The van der Waals surface area contributed by atoms with E-state index >= 15 is 0 Å². The van der Waals surface area contributed by atoms with Crippen LogP contribution in [0.25, 0.3) is 0 Å². The number of hydrogen-bond donors (Lipinski definition) is 2. The molecule has 150 valence electrons. The van der Waals surface area contributed by atoms with Crippen LogP contribution in [0.1, 0.15) is 23.0 Å². The van der Waals surface area contributed by atoms with Crippen molar-refractivity contribution in [1.82, 2.24) is 5.32 Å². The van der Waals surface area contributed by atoms with Crippen molar-refractivity contribution in [2.45, 2.75) is 19.6 Å². The van der Waals surface area contributed by atoms with Gasteiger partial charge in [0, 0.05) is 12.2 Å². The highest BCUT2D eigenvalue weighted by molar-refractivity contribution is 6.02. The highest BCUT2D eigenvalue weighted by Gasteiger charge is 2.14. The molecule has 3 aromatic rings. The van der Waals surface area contributed by atoms with E-state index in [9.17, 15) is 9.59 Å². The van der Waals surface area contributed by atoms with Crippen LogP contribution in [0.3, 0.4) is 0 Å². The molecule has 0 saturated heterocycles. The zero-order valence-corrected chi connectivity index (χ0v) is 16.2. The Kier molecular flexibility index (Phi) is 6.52. The molecule has 0 spiro atoms. The maximum atomic E-state index is 12.3. The molecule has 0 aliphatic rings. The van der Waals surface area contributed by atoms with Gasteiger partial charge in [0.15, 0.2) is 11.9 Å². The van der Waals surface area contributed by atoms with Crippen LogP contribution in [0.4, 0.5) is 5.69 Å². The van der Waals surface area contributed by atoms with Gasteiger partial charge in [-0.05, 0) is 61.0 Å². The van der Waals surface area contributed by atoms with Gasteiger partial charge in [0.1, 0.15) is 11.5 Å². The SMILES string of the molecule is COc1ccc(OC(C)C(=O)NCc2ccc(NC(=O)c3ccco3)cc2)cc1. The van der Waals surface area contributed by atoms with Crippen molar-refractivity contribution < 1.29 is 23.5 Å². The van der Waals surface area contributed by atoms with Crippen molar-refractivity contribution in [3.8, 4) is 11.5 Å². The van der Waals surface area contributed by atoms with E-state index in [2.05, 4.69) is 10.6 Å². The van der Waals surface area contributed by atoms with E-state index in [1.54, 1.807) is 62.6 Å². The van der Waals surface area contributed by atoms with Gasteiger partial charge in [-0.25, -0.2) is 0 Å². The van der Waals surface area contributed by atoms with Crippen LogP contribution >= 0.6 is 0 Å². The number of hydrogen-bond acceptors (Lipinski definition) is 5. The van der Waals surface area contributed by atoms with E-state index in [-0.39, 0.29) is 17.6 Å². The fourth-order valence-electron chi connectivity index (χ4n) is 2.55. The molecule has 7 heteroatoms. The van der Waals surface area contributed by atoms with E-state index in [4.69, 9.17) is 13.9 Å². The first kappa shape index (κ1) is 20.0. The van der Waals surface area contributed by atoms with E-state index in [1.165, 1.54) is 6.26 Å². The molecule has 0 bridgehead atoms. The molecule has 0 aliphatic carbocycles. The number of furan rings is 1. The molecule has 0 fully saturated rings. The van der Waals surface area contributed by atoms with Crippen molar-refractivity contribution in [2.75, 3.05) is 12.4 Å². The summed E-state index contributed by atoms with van der Waals surface area (Å²) in [5.41, 5.74) is 1.53. The van der Waals surface area contributed by atoms with Crippen LogP contribution in [0.2, 0.25) is 0 Å².